The molecule has 1 N–H and O–H groups in total. The first-order valence-electron chi connectivity index (χ1n) is 10.2. The quantitative estimate of drug-likeness (QED) is 0.406. The van der Waals surface area contributed by atoms with E-state index in [1.165, 1.54) is 36.4 Å². The summed E-state index contributed by atoms with van der Waals surface area (Å²) in [6.07, 6.45) is 0. The summed E-state index contributed by atoms with van der Waals surface area (Å²) >= 11 is 12.2. The molecule has 0 radical (unpaired) electrons. The van der Waals surface area contributed by atoms with Crippen LogP contribution in [0.25, 0.3) is 0 Å². The van der Waals surface area contributed by atoms with Crippen LogP contribution in [0.15, 0.2) is 71.6 Å². The minimum Gasteiger partial charge on any atom is -0.462 e. The van der Waals surface area contributed by atoms with Gasteiger partial charge in [0.1, 0.15) is 6.54 Å². The van der Waals surface area contributed by atoms with E-state index in [1.54, 1.807) is 44.2 Å². The number of halogens is 2. The normalized spacial score (nSPS) is 11.1. The lowest BCUT2D eigenvalue weighted by molar-refractivity contribution is -0.114. The van der Waals surface area contributed by atoms with Crippen LogP contribution in [0.1, 0.15) is 22.8 Å². The van der Waals surface area contributed by atoms with E-state index in [-0.39, 0.29) is 32.8 Å². The molecule has 0 aromatic heterocycles. The number of hydrogen-bond donors (Lipinski definition) is 1. The monoisotopic (exact) mass is 520 g/mol. The molecule has 0 aliphatic rings. The number of ether oxygens (including phenoxy) is 1. The summed E-state index contributed by atoms with van der Waals surface area (Å²) in [5, 5.41) is 3.12. The van der Waals surface area contributed by atoms with E-state index < -0.39 is 28.4 Å². The average Bonchev–Trinajstić information content (AvgIpc) is 2.79. The van der Waals surface area contributed by atoms with Crippen molar-refractivity contribution in [2.24, 2.45) is 0 Å². The zero-order valence-corrected chi connectivity index (χ0v) is 20.7. The number of nitrogens with one attached hydrogen (secondary N) is 1. The van der Waals surface area contributed by atoms with Crippen LogP contribution in [-0.2, 0) is 19.6 Å². The van der Waals surface area contributed by atoms with E-state index in [1.807, 2.05) is 0 Å². The van der Waals surface area contributed by atoms with Crippen molar-refractivity contribution < 1.29 is 22.7 Å². The number of benzene rings is 3. The van der Waals surface area contributed by atoms with Crippen LogP contribution in [0, 0.1) is 6.92 Å². The Kier molecular flexibility index (Phi) is 8.19. The van der Waals surface area contributed by atoms with Gasteiger partial charge in [-0.25, -0.2) is 13.2 Å². The number of carbonyl (C=O) groups excluding carboxylic acids is 2. The predicted molar refractivity (Wildman–Crippen MR) is 133 cm³/mol. The Bertz CT molecular complexity index is 1290. The summed E-state index contributed by atoms with van der Waals surface area (Å²) in [4.78, 5) is 25.1. The van der Waals surface area contributed by atoms with Gasteiger partial charge in [0.05, 0.1) is 22.8 Å². The number of hydrogen-bond acceptors (Lipinski definition) is 5. The van der Waals surface area contributed by atoms with E-state index in [0.717, 1.165) is 4.31 Å². The second-order valence-electron chi connectivity index (χ2n) is 7.25. The highest BCUT2D eigenvalue weighted by Gasteiger charge is 2.28. The highest BCUT2D eigenvalue weighted by atomic mass is 35.5. The highest BCUT2D eigenvalue weighted by Crippen LogP contribution is 2.30. The van der Waals surface area contributed by atoms with Gasteiger partial charge >= 0.3 is 5.97 Å². The number of aryl methyl sites for hydroxylation is 1. The Morgan fingerprint density at radius 1 is 0.971 bits per heavy atom. The maximum atomic E-state index is 13.4. The van der Waals surface area contributed by atoms with E-state index in [4.69, 9.17) is 27.9 Å². The first-order chi connectivity index (χ1) is 16.1. The van der Waals surface area contributed by atoms with Gasteiger partial charge in [0.2, 0.25) is 5.91 Å². The lowest BCUT2D eigenvalue weighted by Crippen LogP contribution is -2.38. The summed E-state index contributed by atoms with van der Waals surface area (Å²) in [6, 6.07) is 16.7. The zero-order valence-electron chi connectivity index (χ0n) is 18.4. The van der Waals surface area contributed by atoms with Crippen molar-refractivity contribution in [3.8, 4) is 0 Å². The van der Waals surface area contributed by atoms with Gasteiger partial charge in [-0.2, -0.15) is 0 Å². The fraction of sp³-hybridized carbons (Fsp3) is 0.167. The molecule has 0 aliphatic heterocycles. The van der Waals surface area contributed by atoms with Gasteiger partial charge in [-0.05, 0) is 61.9 Å². The summed E-state index contributed by atoms with van der Waals surface area (Å²) < 4.78 is 32.8. The minimum absolute atomic E-state index is 0.000568. The van der Waals surface area contributed by atoms with Crippen LogP contribution in [0.4, 0.5) is 11.4 Å². The van der Waals surface area contributed by atoms with Crippen molar-refractivity contribution in [3.05, 3.63) is 87.9 Å². The second-order valence-corrected chi connectivity index (χ2v) is 9.99. The first-order valence-corrected chi connectivity index (χ1v) is 12.4. The summed E-state index contributed by atoms with van der Waals surface area (Å²) in [5.74, 6) is -1.15. The molecule has 3 rings (SSSR count). The molecule has 0 heterocycles. The van der Waals surface area contributed by atoms with Crippen molar-refractivity contribution in [3.63, 3.8) is 0 Å². The zero-order chi connectivity index (χ0) is 24.9. The number of esters is 1. The third-order valence-electron chi connectivity index (χ3n) is 4.78. The van der Waals surface area contributed by atoms with Crippen LogP contribution in [0.2, 0.25) is 10.0 Å². The second kappa shape index (κ2) is 10.9. The van der Waals surface area contributed by atoms with Gasteiger partial charge in [-0.1, -0.05) is 47.5 Å². The molecule has 0 bridgehead atoms. The Balaban J connectivity index is 1.95. The van der Waals surface area contributed by atoms with Gasteiger partial charge in [0.25, 0.3) is 10.0 Å². The van der Waals surface area contributed by atoms with Crippen LogP contribution in [-0.4, -0.2) is 33.4 Å². The standard InChI is InChI=1S/C24H22Cl2N2O5S/c1-3-33-24(30)17-10-9-16(2)22(11-17)27-23(29)15-28(20-13-18(25)12-19(26)14-20)34(31,32)21-7-5-4-6-8-21/h4-14H,3,15H2,1-2H3,(H,27,29). The molecular formula is C24H22Cl2N2O5S. The van der Waals surface area contributed by atoms with Gasteiger partial charge < -0.3 is 10.1 Å². The van der Waals surface area contributed by atoms with Crippen molar-refractivity contribution in [2.45, 2.75) is 18.7 Å². The van der Waals surface area contributed by atoms with E-state index in [2.05, 4.69) is 5.32 Å². The van der Waals surface area contributed by atoms with Gasteiger partial charge in [0.15, 0.2) is 0 Å². The predicted octanol–water partition coefficient (Wildman–Crippen LogP) is 5.31. The topological polar surface area (TPSA) is 92.8 Å². The molecule has 0 atom stereocenters. The highest BCUT2D eigenvalue weighted by molar-refractivity contribution is 7.92. The Labute approximate surface area is 208 Å². The van der Waals surface area contributed by atoms with Crippen molar-refractivity contribution in [1.82, 2.24) is 0 Å². The molecule has 3 aromatic carbocycles. The van der Waals surface area contributed by atoms with E-state index in [0.29, 0.717) is 11.3 Å². The summed E-state index contributed by atoms with van der Waals surface area (Å²) in [5.41, 5.74) is 1.44. The molecule has 178 valence electrons. The fourth-order valence-corrected chi connectivity index (χ4v) is 5.08. The Morgan fingerprint density at radius 3 is 2.24 bits per heavy atom. The van der Waals surface area contributed by atoms with Crippen LogP contribution in [0.5, 0.6) is 0 Å². The number of sulfonamides is 1. The number of anilines is 2. The summed E-state index contributed by atoms with van der Waals surface area (Å²) in [7, 11) is -4.13. The minimum atomic E-state index is -4.13. The van der Waals surface area contributed by atoms with E-state index in [9.17, 15) is 18.0 Å². The number of rotatable bonds is 8. The first kappa shape index (κ1) is 25.6. The lowest BCUT2D eigenvalue weighted by atomic mass is 10.1. The molecule has 7 nitrogen and oxygen atoms in total. The molecule has 0 aliphatic carbocycles. The number of nitrogens with zero attached hydrogens (tertiary/aromatic N) is 1. The molecule has 0 spiro atoms. The van der Waals surface area contributed by atoms with Crippen molar-refractivity contribution in [1.29, 1.82) is 0 Å². The summed E-state index contributed by atoms with van der Waals surface area (Å²) in [6.45, 7) is 3.10. The molecule has 0 saturated carbocycles. The average molecular weight is 521 g/mol. The van der Waals surface area contributed by atoms with Crippen LogP contribution in [0.3, 0.4) is 0 Å². The van der Waals surface area contributed by atoms with Crippen molar-refractivity contribution in [2.75, 3.05) is 22.8 Å². The van der Waals surface area contributed by atoms with Crippen LogP contribution < -0.4 is 9.62 Å². The fourth-order valence-electron chi connectivity index (χ4n) is 3.14. The Hall–Kier alpha value is -3.07. The SMILES string of the molecule is CCOC(=O)c1ccc(C)c(NC(=O)CN(c2cc(Cl)cc(Cl)c2)S(=O)(=O)c2ccccc2)c1. The van der Waals surface area contributed by atoms with Gasteiger partial charge in [-0.15, -0.1) is 0 Å². The smallest absolute Gasteiger partial charge is 0.338 e. The maximum Gasteiger partial charge on any atom is 0.338 e. The molecular weight excluding hydrogens is 499 g/mol. The third kappa shape index (κ3) is 6.08. The molecule has 3 aromatic rings. The molecule has 0 fully saturated rings. The largest absolute Gasteiger partial charge is 0.462 e. The van der Waals surface area contributed by atoms with Gasteiger partial charge in [0, 0.05) is 15.7 Å². The van der Waals surface area contributed by atoms with Crippen molar-refractivity contribution >= 4 is 56.5 Å². The van der Waals surface area contributed by atoms with E-state index >= 15 is 0 Å². The lowest BCUT2D eigenvalue weighted by Gasteiger charge is -2.24. The molecule has 10 heteroatoms. The molecule has 34 heavy (non-hydrogen) atoms. The third-order valence-corrected chi connectivity index (χ3v) is 7.00. The Morgan fingerprint density at radius 2 is 1.62 bits per heavy atom. The number of carbonyl (C=O) groups is 2. The molecule has 0 saturated heterocycles. The van der Waals surface area contributed by atoms with Crippen LogP contribution >= 0.6 is 23.2 Å². The molecule has 0 unspecified atom stereocenters. The number of amides is 1. The molecule has 1 amide bonds. The van der Waals surface area contributed by atoms with Gasteiger partial charge in [-0.3, -0.25) is 9.10 Å². The maximum absolute atomic E-state index is 13.4.